The highest BCUT2D eigenvalue weighted by molar-refractivity contribution is 9.11. The number of hydrogen-bond donors (Lipinski definition) is 1. The molecule has 26 heavy (non-hydrogen) atoms. The molecule has 1 N–H and O–H groups in total. The summed E-state index contributed by atoms with van der Waals surface area (Å²) in [5.41, 5.74) is 0. The van der Waals surface area contributed by atoms with Crippen molar-refractivity contribution in [1.82, 2.24) is 4.72 Å². The fraction of sp³-hybridized carbons (Fsp3) is 0.0556. The molecule has 0 atom stereocenters. The molecule has 0 fully saturated rings. The van der Waals surface area contributed by atoms with Gasteiger partial charge in [-0.1, -0.05) is 46.3 Å². The van der Waals surface area contributed by atoms with E-state index >= 15 is 0 Å². The molecule has 0 radical (unpaired) electrons. The minimum Gasteiger partial charge on any atom is -0.484 e. The standard InChI is InChI=1S/C18H13Br2NO4S/c19-14-6-8-16(20)17(10-14)26(23,24)21-18(22)11-25-15-7-5-12-3-1-2-4-13(12)9-15/h1-10H,11H2,(H,21,22). The lowest BCUT2D eigenvalue weighted by atomic mass is 10.1. The fourth-order valence-electron chi connectivity index (χ4n) is 2.32. The molecule has 0 aliphatic carbocycles. The second-order valence-electron chi connectivity index (χ2n) is 5.40. The summed E-state index contributed by atoms with van der Waals surface area (Å²) in [6.45, 7) is -0.413. The molecule has 3 aromatic carbocycles. The molecule has 5 nitrogen and oxygen atoms in total. The fourth-order valence-corrected chi connectivity index (χ4v) is 4.80. The predicted octanol–water partition coefficient (Wildman–Crippen LogP) is 4.25. The Morgan fingerprint density at radius 2 is 1.69 bits per heavy atom. The number of hydrogen-bond acceptors (Lipinski definition) is 4. The highest BCUT2D eigenvalue weighted by atomic mass is 79.9. The number of benzene rings is 3. The van der Waals surface area contributed by atoms with E-state index in [2.05, 4.69) is 31.9 Å². The van der Waals surface area contributed by atoms with Crippen LogP contribution in [-0.4, -0.2) is 20.9 Å². The van der Waals surface area contributed by atoms with Crippen LogP contribution in [0.5, 0.6) is 5.75 Å². The van der Waals surface area contributed by atoms with E-state index in [0.717, 1.165) is 10.8 Å². The molecule has 0 spiro atoms. The Kier molecular flexibility index (Phi) is 5.64. The van der Waals surface area contributed by atoms with Crippen LogP contribution in [0, 0.1) is 0 Å². The summed E-state index contributed by atoms with van der Waals surface area (Å²) in [6, 6.07) is 17.8. The molecule has 3 aromatic rings. The van der Waals surface area contributed by atoms with Gasteiger partial charge < -0.3 is 4.74 Å². The minimum atomic E-state index is -4.01. The largest absolute Gasteiger partial charge is 0.484 e. The van der Waals surface area contributed by atoms with Crippen molar-refractivity contribution in [3.63, 3.8) is 0 Å². The molecule has 0 saturated carbocycles. The van der Waals surface area contributed by atoms with Crippen LogP contribution >= 0.6 is 31.9 Å². The van der Waals surface area contributed by atoms with Crippen LogP contribution in [0.4, 0.5) is 0 Å². The van der Waals surface area contributed by atoms with Gasteiger partial charge in [-0.3, -0.25) is 4.79 Å². The van der Waals surface area contributed by atoms with Gasteiger partial charge in [0.2, 0.25) is 0 Å². The highest BCUT2D eigenvalue weighted by Crippen LogP contribution is 2.25. The summed E-state index contributed by atoms with van der Waals surface area (Å²) in [4.78, 5) is 12.0. The third-order valence-corrected chi connectivity index (χ3v) is 6.38. The Morgan fingerprint density at radius 1 is 0.962 bits per heavy atom. The Hall–Kier alpha value is -1.90. The molecular weight excluding hydrogens is 486 g/mol. The van der Waals surface area contributed by atoms with E-state index in [1.165, 1.54) is 6.07 Å². The van der Waals surface area contributed by atoms with Crippen LogP contribution in [0.1, 0.15) is 0 Å². The van der Waals surface area contributed by atoms with Gasteiger partial charge in [0.25, 0.3) is 15.9 Å². The number of ether oxygens (including phenoxy) is 1. The van der Waals surface area contributed by atoms with Crippen LogP contribution in [0.15, 0.2) is 74.5 Å². The third-order valence-electron chi connectivity index (χ3n) is 3.52. The Bertz CT molecular complexity index is 1080. The van der Waals surface area contributed by atoms with E-state index in [1.54, 1.807) is 24.3 Å². The Balaban J connectivity index is 1.68. The van der Waals surface area contributed by atoms with Crippen molar-refractivity contribution >= 4 is 58.6 Å². The molecule has 0 unspecified atom stereocenters. The molecule has 0 bridgehead atoms. The van der Waals surface area contributed by atoms with Gasteiger partial charge in [0.05, 0.1) is 0 Å². The number of rotatable bonds is 5. The quantitative estimate of drug-likeness (QED) is 0.570. The van der Waals surface area contributed by atoms with Crippen molar-refractivity contribution in [2.24, 2.45) is 0 Å². The minimum absolute atomic E-state index is 0.0362. The molecule has 0 aromatic heterocycles. The third kappa shape index (κ3) is 4.44. The van der Waals surface area contributed by atoms with Crippen LogP contribution in [-0.2, 0) is 14.8 Å². The molecule has 1 amide bonds. The summed E-state index contributed by atoms with van der Waals surface area (Å²) in [5, 5.41) is 2.02. The molecule has 0 aliphatic rings. The first-order chi connectivity index (χ1) is 12.3. The summed E-state index contributed by atoms with van der Waals surface area (Å²) < 4.78 is 33.1. The number of amides is 1. The average Bonchev–Trinajstić information content (AvgIpc) is 2.61. The molecule has 134 valence electrons. The zero-order valence-corrected chi connectivity index (χ0v) is 17.3. The zero-order chi connectivity index (χ0) is 18.7. The van der Waals surface area contributed by atoms with Crippen molar-refractivity contribution in [2.45, 2.75) is 4.90 Å². The highest BCUT2D eigenvalue weighted by Gasteiger charge is 2.21. The summed E-state index contributed by atoms with van der Waals surface area (Å²) in [5.74, 6) is -0.273. The van der Waals surface area contributed by atoms with E-state index < -0.39 is 22.5 Å². The van der Waals surface area contributed by atoms with Crippen molar-refractivity contribution in [3.05, 3.63) is 69.6 Å². The van der Waals surface area contributed by atoms with Crippen molar-refractivity contribution in [3.8, 4) is 5.75 Å². The van der Waals surface area contributed by atoms with Gasteiger partial charge in [0, 0.05) is 8.95 Å². The molecule has 0 heterocycles. The van der Waals surface area contributed by atoms with E-state index in [-0.39, 0.29) is 4.90 Å². The molecule has 0 saturated heterocycles. The predicted molar refractivity (Wildman–Crippen MR) is 107 cm³/mol. The zero-order valence-electron chi connectivity index (χ0n) is 13.3. The smallest absolute Gasteiger partial charge is 0.271 e. The van der Waals surface area contributed by atoms with Crippen molar-refractivity contribution in [2.75, 3.05) is 6.61 Å². The maximum absolute atomic E-state index is 12.4. The molecule has 8 heteroatoms. The maximum atomic E-state index is 12.4. The van der Waals surface area contributed by atoms with E-state index in [9.17, 15) is 13.2 Å². The Labute approximate surface area is 167 Å². The van der Waals surface area contributed by atoms with Gasteiger partial charge in [-0.05, 0) is 57.0 Å². The van der Waals surface area contributed by atoms with Gasteiger partial charge in [-0.25, -0.2) is 13.1 Å². The summed E-state index contributed by atoms with van der Waals surface area (Å²) >= 11 is 6.39. The van der Waals surface area contributed by atoms with E-state index in [4.69, 9.17) is 4.74 Å². The lowest BCUT2D eigenvalue weighted by molar-refractivity contribution is -0.121. The first-order valence-corrected chi connectivity index (χ1v) is 10.5. The molecular formula is C18H13Br2NO4S. The van der Waals surface area contributed by atoms with Crippen LogP contribution in [0.25, 0.3) is 10.8 Å². The molecule has 3 rings (SSSR count). The number of sulfonamides is 1. The first-order valence-electron chi connectivity index (χ1n) is 7.47. The van der Waals surface area contributed by atoms with Crippen LogP contribution < -0.4 is 9.46 Å². The number of carbonyl (C=O) groups excluding carboxylic acids is 1. The first kappa shape index (κ1) is 18.9. The SMILES string of the molecule is O=C(COc1ccc2ccccc2c1)NS(=O)(=O)c1cc(Br)ccc1Br. The number of fused-ring (bicyclic) bond motifs is 1. The number of nitrogens with one attached hydrogen (secondary N) is 1. The number of halogens is 2. The van der Waals surface area contributed by atoms with Gasteiger partial charge in [0.1, 0.15) is 10.6 Å². The lowest BCUT2D eigenvalue weighted by Gasteiger charge is -2.10. The van der Waals surface area contributed by atoms with Gasteiger partial charge in [-0.2, -0.15) is 0 Å². The van der Waals surface area contributed by atoms with Crippen LogP contribution in [0.2, 0.25) is 0 Å². The normalized spacial score (nSPS) is 11.3. The average molecular weight is 499 g/mol. The van der Waals surface area contributed by atoms with Gasteiger partial charge in [-0.15, -0.1) is 0 Å². The summed E-state index contributed by atoms with van der Waals surface area (Å²) in [7, 11) is -4.01. The monoisotopic (exact) mass is 497 g/mol. The lowest BCUT2D eigenvalue weighted by Crippen LogP contribution is -2.34. The topological polar surface area (TPSA) is 72.5 Å². The van der Waals surface area contributed by atoms with E-state index in [0.29, 0.717) is 14.7 Å². The molecule has 0 aliphatic heterocycles. The van der Waals surface area contributed by atoms with E-state index in [1.807, 2.05) is 35.1 Å². The van der Waals surface area contributed by atoms with Gasteiger partial charge in [0.15, 0.2) is 6.61 Å². The second-order valence-corrected chi connectivity index (χ2v) is 8.82. The van der Waals surface area contributed by atoms with Crippen molar-refractivity contribution in [1.29, 1.82) is 0 Å². The number of carbonyl (C=O) groups is 1. The van der Waals surface area contributed by atoms with Crippen LogP contribution in [0.3, 0.4) is 0 Å². The van der Waals surface area contributed by atoms with Gasteiger partial charge >= 0.3 is 0 Å². The second kappa shape index (κ2) is 7.77. The summed E-state index contributed by atoms with van der Waals surface area (Å²) in [6.07, 6.45) is 0. The Morgan fingerprint density at radius 3 is 2.46 bits per heavy atom. The van der Waals surface area contributed by atoms with Crippen molar-refractivity contribution < 1.29 is 17.9 Å². The maximum Gasteiger partial charge on any atom is 0.271 e.